The van der Waals surface area contributed by atoms with Gasteiger partial charge in [-0.15, -0.1) is 11.3 Å². The maximum Gasteiger partial charge on any atom is 0.256 e. The van der Waals surface area contributed by atoms with Crippen LogP contribution >= 0.6 is 22.9 Å². The van der Waals surface area contributed by atoms with Gasteiger partial charge in [0.05, 0.1) is 40.1 Å². The molecule has 0 aliphatic rings. The molecule has 3 aromatic heterocycles. The van der Waals surface area contributed by atoms with Gasteiger partial charge < -0.3 is 5.32 Å². The molecule has 33 heavy (non-hydrogen) atoms. The highest BCUT2D eigenvalue weighted by Crippen LogP contribution is 2.31. The normalized spacial score (nSPS) is 11.1. The topological polar surface area (TPSA) is 59.8 Å². The Labute approximate surface area is 200 Å². The van der Waals surface area contributed by atoms with Gasteiger partial charge in [-0.25, -0.2) is 4.98 Å². The predicted molar refractivity (Wildman–Crippen MR) is 135 cm³/mol. The second-order valence-electron chi connectivity index (χ2n) is 7.70. The van der Waals surface area contributed by atoms with Crippen LogP contribution in [0.4, 0.5) is 5.69 Å². The number of benzene rings is 2. The lowest BCUT2D eigenvalue weighted by Gasteiger charge is -2.09. The third kappa shape index (κ3) is 4.67. The van der Waals surface area contributed by atoms with E-state index in [0.717, 1.165) is 28.1 Å². The Balaban J connectivity index is 1.46. The van der Waals surface area contributed by atoms with Crippen LogP contribution in [0.2, 0.25) is 5.02 Å². The second-order valence-corrected chi connectivity index (χ2v) is 9.31. The third-order valence-electron chi connectivity index (χ3n) is 5.36. The molecule has 1 N–H and O–H groups in total. The highest BCUT2D eigenvalue weighted by atomic mass is 35.5. The molecule has 3 heterocycles. The summed E-state index contributed by atoms with van der Waals surface area (Å²) in [5, 5.41) is 8.64. The van der Waals surface area contributed by atoms with Crippen LogP contribution in [0.15, 0.2) is 79.1 Å². The number of thiophene rings is 1. The molecule has 0 fully saturated rings. The molecule has 5 aromatic rings. The molecule has 2 aromatic carbocycles. The first-order valence-corrected chi connectivity index (χ1v) is 11.9. The maximum absolute atomic E-state index is 13.3. The van der Waals surface area contributed by atoms with Crippen molar-refractivity contribution in [3.8, 4) is 10.6 Å². The van der Waals surface area contributed by atoms with Crippen molar-refractivity contribution in [3.05, 3.63) is 100 Å². The summed E-state index contributed by atoms with van der Waals surface area (Å²) < 4.78 is 1.80. The minimum atomic E-state index is -0.225. The summed E-state index contributed by atoms with van der Waals surface area (Å²) >= 11 is 7.94. The van der Waals surface area contributed by atoms with Gasteiger partial charge in [-0.2, -0.15) is 5.10 Å². The fourth-order valence-corrected chi connectivity index (χ4v) is 4.78. The minimum Gasteiger partial charge on any atom is -0.319 e. The van der Waals surface area contributed by atoms with Crippen molar-refractivity contribution in [2.45, 2.75) is 19.9 Å². The van der Waals surface area contributed by atoms with Crippen LogP contribution in [-0.2, 0) is 13.0 Å². The van der Waals surface area contributed by atoms with E-state index in [-0.39, 0.29) is 5.91 Å². The summed E-state index contributed by atoms with van der Waals surface area (Å²) in [6.07, 6.45) is 4.45. The number of carbonyl (C=O) groups excluding carboxylic acids is 1. The van der Waals surface area contributed by atoms with E-state index >= 15 is 0 Å². The van der Waals surface area contributed by atoms with Gasteiger partial charge >= 0.3 is 0 Å². The van der Waals surface area contributed by atoms with Crippen molar-refractivity contribution in [1.29, 1.82) is 0 Å². The maximum atomic E-state index is 13.3. The van der Waals surface area contributed by atoms with E-state index < -0.39 is 0 Å². The van der Waals surface area contributed by atoms with E-state index in [9.17, 15) is 4.79 Å². The molecule has 0 atom stereocenters. The van der Waals surface area contributed by atoms with E-state index in [1.54, 1.807) is 34.3 Å². The molecular weight excluding hydrogens is 452 g/mol. The molecule has 0 saturated heterocycles. The third-order valence-corrected chi connectivity index (χ3v) is 6.84. The number of halogens is 1. The quantitative estimate of drug-likeness (QED) is 0.300. The Bertz CT molecular complexity index is 1440. The molecule has 5 rings (SSSR count). The summed E-state index contributed by atoms with van der Waals surface area (Å²) in [5.74, 6) is -0.225. The van der Waals surface area contributed by atoms with Gasteiger partial charge in [0.15, 0.2) is 0 Å². The summed E-state index contributed by atoms with van der Waals surface area (Å²) in [4.78, 5) is 20.4. The zero-order chi connectivity index (χ0) is 22.8. The van der Waals surface area contributed by atoms with Gasteiger partial charge in [0, 0.05) is 21.5 Å². The number of aryl methyl sites for hydroxylation is 1. The Morgan fingerprint density at radius 3 is 2.73 bits per heavy atom. The fourth-order valence-electron chi connectivity index (χ4n) is 3.70. The number of nitrogens with one attached hydrogen (secondary N) is 1. The molecule has 0 saturated carbocycles. The van der Waals surface area contributed by atoms with E-state index in [2.05, 4.69) is 29.5 Å². The second kappa shape index (κ2) is 9.17. The lowest BCUT2D eigenvalue weighted by atomic mass is 10.1. The average molecular weight is 473 g/mol. The fraction of sp³-hybridized carbons (Fsp3) is 0.115. The van der Waals surface area contributed by atoms with Gasteiger partial charge in [-0.3, -0.25) is 9.48 Å². The summed E-state index contributed by atoms with van der Waals surface area (Å²) in [5.41, 5.74) is 3.81. The molecule has 0 aliphatic carbocycles. The number of aromatic nitrogens is 3. The summed E-state index contributed by atoms with van der Waals surface area (Å²) in [7, 11) is 0. The molecule has 0 bridgehead atoms. The van der Waals surface area contributed by atoms with E-state index in [4.69, 9.17) is 16.6 Å². The summed E-state index contributed by atoms with van der Waals surface area (Å²) in [6.45, 7) is 2.76. The highest BCUT2D eigenvalue weighted by molar-refractivity contribution is 7.15. The Kier molecular flexibility index (Phi) is 5.94. The number of amides is 1. The van der Waals surface area contributed by atoms with Crippen LogP contribution < -0.4 is 5.32 Å². The zero-order valence-corrected chi connectivity index (χ0v) is 19.5. The highest BCUT2D eigenvalue weighted by Gasteiger charge is 2.16. The van der Waals surface area contributed by atoms with Crippen LogP contribution in [0.3, 0.4) is 0 Å². The number of carbonyl (C=O) groups is 1. The van der Waals surface area contributed by atoms with Crippen LogP contribution in [0, 0.1) is 0 Å². The first-order valence-electron chi connectivity index (χ1n) is 10.7. The van der Waals surface area contributed by atoms with Gasteiger partial charge in [0.2, 0.25) is 0 Å². The molecule has 1 amide bonds. The van der Waals surface area contributed by atoms with E-state index in [1.165, 1.54) is 4.88 Å². The summed E-state index contributed by atoms with van der Waals surface area (Å²) in [6, 6.07) is 21.5. The van der Waals surface area contributed by atoms with Crippen LogP contribution in [0.25, 0.3) is 21.5 Å². The first kappa shape index (κ1) is 21.4. The standard InChI is InChI=1S/C26H21ClN4OS/c1-2-20-9-11-25(33-20)24-13-22(21-12-18(27)8-10-23(21)30-24)26(32)29-19-14-28-31(16-19)15-17-6-4-3-5-7-17/h3-14,16H,2,15H2,1H3,(H,29,32). The van der Waals surface area contributed by atoms with Crippen LogP contribution in [0.1, 0.15) is 27.7 Å². The van der Waals surface area contributed by atoms with Crippen molar-refractivity contribution in [2.24, 2.45) is 0 Å². The largest absolute Gasteiger partial charge is 0.319 e. The van der Waals surface area contributed by atoms with E-state index in [1.807, 2.05) is 48.7 Å². The van der Waals surface area contributed by atoms with Crippen molar-refractivity contribution in [2.75, 3.05) is 5.32 Å². The minimum absolute atomic E-state index is 0.225. The van der Waals surface area contributed by atoms with Gasteiger partial charge in [-0.1, -0.05) is 48.9 Å². The molecule has 7 heteroatoms. The number of rotatable bonds is 6. The number of anilines is 1. The van der Waals surface area contributed by atoms with Gasteiger partial charge in [0.25, 0.3) is 5.91 Å². The molecular formula is C26H21ClN4OS. The van der Waals surface area contributed by atoms with Gasteiger partial charge in [0.1, 0.15) is 0 Å². The van der Waals surface area contributed by atoms with Crippen molar-refractivity contribution in [3.63, 3.8) is 0 Å². The molecule has 164 valence electrons. The molecule has 0 unspecified atom stereocenters. The lowest BCUT2D eigenvalue weighted by Crippen LogP contribution is -2.12. The monoisotopic (exact) mass is 472 g/mol. The van der Waals surface area contributed by atoms with Crippen molar-refractivity contribution in [1.82, 2.24) is 14.8 Å². The Morgan fingerprint density at radius 2 is 1.94 bits per heavy atom. The number of hydrogen-bond acceptors (Lipinski definition) is 4. The first-order chi connectivity index (χ1) is 16.1. The SMILES string of the molecule is CCc1ccc(-c2cc(C(=O)Nc3cnn(Cc4ccccc4)c3)c3cc(Cl)ccc3n2)s1. The van der Waals surface area contributed by atoms with Crippen LogP contribution in [0.5, 0.6) is 0 Å². The molecule has 5 nitrogen and oxygen atoms in total. The van der Waals surface area contributed by atoms with E-state index in [0.29, 0.717) is 28.2 Å². The average Bonchev–Trinajstić information content (AvgIpc) is 3.48. The number of pyridine rings is 1. The predicted octanol–water partition coefficient (Wildman–Crippen LogP) is 6.68. The van der Waals surface area contributed by atoms with Gasteiger partial charge in [-0.05, 0) is 48.4 Å². The number of hydrogen-bond donors (Lipinski definition) is 1. The number of nitrogens with zero attached hydrogens (tertiary/aromatic N) is 3. The Morgan fingerprint density at radius 1 is 1.09 bits per heavy atom. The number of fused-ring (bicyclic) bond motifs is 1. The zero-order valence-electron chi connectivity index (χ0n) is 18.0. The lowest BCUT2D eigenvalue weighted by molar-refractivity contribution is 0.102. The van der Waals surface area contributed by atoms with Crippen LogP contribution in [-0.4, -0.2) is 20.7 Å². The Hall–Kier alpha value is -3.48. The van der Waals surface area contributed by atoms with Crippen molar-refractivity contribution < 1.29 is 4.79 Å². The van der Waals surface area contributed by atoms with Crippen molar-refractivity contribution >= 4 is 45.4 Å². The molecule has 0 radical (unpaired) electrons. The molecule has 0 spiro atoms. The molecule has 0 aliphatic heterocycles. The smallest absolute Gasteiger partial charge is 0.256 e.